The fourth-order valence-corrected chi connectivity index (χ4v) is 4.61. The maximum absolute atomic E-state index is 12.9. The van der Waals surface area contributed by atoms with Crippen LogP contribution in [0, 0.1) is 13.8 Å². The smallest absolute Gasteiger partial charge is 0.243 e. The maximum atomic E-state index is 12.9. The highest BCUT2D eigenvalue weighted by molar-refractivity contribution is 7.92. The van der Waals surface area contributed by atoms with Crippen molar-refractivity contribution in [3.8, 4) is 5.69 Å². The number of hydrogen-bond acceptors (Lipinski definition) is 4. The summed E-state index contributed by atoms with van der Waals surface area (Å²) in [5.74, 6) is -0.373. The number of amides is 1. The van der Waals surface area contributed by atoms with E-state index in [4.69, 9.17) is 0 Å². The molecule has 0 unspecified atom stereocenters. The van der Waals surface area contributed by atoms with Crippen molar-refractivity contribution in [1.29, 1.82) is 0 Å². The van der Waals surface area contributed by atoms with E-state index in [0.29, 0.717) is 5.69 Å². The van der Waals surface area contributed by atoms with E-state index < -0.39 is 16.1 Å². The van der Waals surface area contributed by atoms with E-state index in [1.165, 1.54) is 4.31 Å². The molecular formula is C22H26N4O3S. The summed E-state index contributed by atoms with van der Waals surface area (Å²) in [7, 11) is -3.67. The minimum absolute atomic E-state index is 0.266. The van der Waals surface area contributed by atoms with Crippen LogP contribution in [0.25, 0.3) is 5.69 Å². The van der Waals surface area contributed by atoms with Gasteiger partial charge in [0.15, 0.2) is 0 Å². The molecule has 0 aliphatic carbocycles. The lowest BCUT2D eigenvalue weighted by Crippen LogP contribution is -2.48. The first-order valence-electron chi connectivity index (χ1n) is 9.59. The molecule has 1 aromatic heterocycles. The molecular weight excluding hydrogens is 400 g/mol. The summed E-state index contributed by atoms with van der Waals surface area (Å²) in [5, 5.41) is 2.88. The molecule has 158 valence electrons. The molecule has 8 heteroatoms. The van der Waals surface area contributed by atoms with Crippen LogP contribution < -0.4 is 9.62 Å². The highest BCUT2D eigenvalue weighted by atomic mass is 32.2. The predicted molar refractivity (Wildman–Crippen MR) is 118 cm³/mol. The Morgan fingerprint density at radius 2 is 1.93 bits per heavy atom. The standard InChI is InChI=1S/C22H26N4O3S/c1-16-9-10-17(2)21(13-16)26(30(4,28)29)18(3)22(27)24-14-19-7-5-6-8-20(19)25-12-11-23-15-25/h5-13,15,18H,14H2,1-4H3,(H,24,27)/t18-/m0/s1. The van der Waals surface area contributed by atoms with E-state index in [1.807, 2.05) is 61.0 Å². The Balaban J connectivity index is 1.83. The molecule has 7 nitrogen and oxygen atoms in total. The largest absolute Gasteiger partial charge is 0.350 e. The maximum Gasteiger partial charge on any atom is 0.243 e. The number of para-hydroxylation sites is 1. The van der Waals surface area contributed by atoms with Crippen LogP contribution in [0.1, 0.15) is 23.6 Å². The summed E-state index contributed by atoms with van der Waals surface area (Å²) < 4.78 is 28.2. The van der Waals surface area contributed by atoms with E-state index in [-0.39, 0.29) is 12.5 Å². The molecule has 0 fully saturated rings. The predicted octanol–water partition coefficient (Wildman–Crippen LogP) is 2.96. The first kappa shape index (κ1) is 21.6. The Morgan fingerprint density at radius 1 is 1.20 bits per heavy atom. The molecule has 1 amide bonds. The molecule has 0 aliphatic heterocycles. The van der Waals surface area contributed by atoms with E-state index >= 15 is 0 Å². The van der Waals surface area contributed by atoms with Gasteiger partial charge in [0.1, 0.15) is 6.04 Å². The zero-order valence-electron chi connectivity index (χ0n) is 17.5. The summed E-state index contributed by atoms with van der Waals surface area (Å²) in [6.07, 6.45) is 6.32. The first-order valence-corrected chi connectivity index (χ1v) is 11.4. The number of nitrogens with one attached hydrogen (secondary N) is 1. The fourth-order valence-electron chi connectivity index (χ4n) is 3.38. The number of anilines is 1. The van der Waals surface area contributed by atoms with Gasteiger partial charge in [-0.15, -0.1) is 0 Å². The molecule has 0 saturated carbocycles. The van der Waals surface area contributed by atoms with Crippen molar-refractivity contribution in [3.63, 3.8) is 0 Å². The van der Waals surface area contributed by atoms with Crippen LogP contribution in [0.15, 0.2) is 61.2 Å². The Hall–Kier alpha value is -3.13. The number of aromatic nitrogens is 2. The average molecular weight is 427 g/mol. The van der Waals surface area contributed by atoms with E-state index in [0.717, 1.165) is 28.6 Å². The topological polar surface area (TPSA) is 84.3 Å². The molecule has 0 bridgehead atoms. The molecule has 2 aromatic carbocycles. The van der Waals surface area contributed by atoms with Gasteiger partial charge in [-0.2, -0.15) is 0 Å². The zero-order chi connectivity index (χ0) is 21.9. The van der Waals surface area contributed by atoms with Crippen molar-refractivity contribution in [2.45, 2.75) is 33.4 Å². The second-order valence-corrected chi connectivity index (χ2v) is 9.20. The number of aryl methyl sites for hydroxylation is 2. The van der Waals surface area contributed by atoms with Gasteiger partial charge in [0, 0.05) is 18.9 Å². The molecule has 3 aromatic rings. The van der Waals surface area contributed by atoms with Gasteiger partial charge < -0.3 is 9.88 Å². The molecule has 1 atom stereocenters. The van der Waals surface area contributed by atoms with Crippen LogP contribution >= 0.6 is 0 Å². The third-order valence-corrected chi connectivity index (χ3v) is 6.15. The highest BCUT2D eigenvalue weighted by Gasteiger charge is 2.30. The first-order chi connectivity index (χ1) is 14.2. The minimum Gasteiger partial charge on any atom is -0.350 e. The van der Waals surface area contributed by atoms with Crippen molar-refractivity contribution in [3.05, 3.63) is 77.9 Å². The average Bonchev–Trinajstić information content (AvgIpc) is 3.22. The summed E-state index contributed by atoms with van der Waals surface area (Å²) in [4.78, 5) is 17.0. The number of carbonyl (C=O) groups excluding carboxylic acids is 1. The Kier molecular flexibility index (Phi) is 6.26. The molecule has 1 heterocycles. The molecule has 3 rings (SSSR count). The number of rotatable bonds is 7. The molecule has 0 spiro atoms. The summed E-state index contributed by atoms with van der Waals surface area (Å²) in [6.45, 7) is 5.59. The van der Waals surface area contributed by atoms with Gasteiger partial charge >= 0.3 is 0 Å². The zero-order valence-corrected chi connectivity index (χ0v) is 18.3. The van der Waals surface area contributed by atoms with Gasteiger partial charge in [-0.05, 0) is 49.6 Å². The normalized spacial score (nSPS) is 12.4. The number of benzene rings is 2. The van der Waals surface area contributed by atoms with Gasteiger partial charge in [0.25, 0.3) is 0 Å². The summed E-state index contributed by atoms with van der Waals surface area (Å²) in [5.41, 5.74) is 4.02. The Bertz CT molecular complexity index is 1140. The second kappa shape index (κ2) is 8.71. The van der Waals surface area contributed by atoms with Crippen molar-refractivity contribution >= 4 is 21.6 Å². The van der Waals surface area contributed by atoms with Crippen molar-refractivity contribution in [2.75, 3.05) is 10.6 Å². The second-order valence-electron chi connectivity index (χ2n) is 7.34. The third-order valence-electron chi connectivity index (χ3n) is 4.92. The van der Waals surface area contributed by atoms with Crippen molar-refractivity contribution in [1.82, 2.24) is 14.9 Å². The van der Waals surface area contributed by atoms with Crippen LogP contribution in [-0.4, -0.2) is 36.2 Å². The van der Waals surface area contributed by atoms with Crippen LogP contribution in [0.3, 0.4) is 0 Å². The van der Waals surface area contributed by atoms with E-state index in [2.05, 4.69) is 10.3 Å². The van der Waals surface area contributed by atoms with E-state index in [9.17, 15) is 13.2 Å². The van der Waals surface area contributed by atoms with Crippen molar-refractivity contribution in [2.24, 2.45) is 0 Å². The monoisotopic (exact) mass is 426 g/mol. The summed E-state index contributed by atoms with van der Waals surface area (Å²) in [6, 6.07) is 12.3. The van der Waals surface area contributed by atoms with Crippen LogP contribution in [0.2, 0.25) is 0 Å². The highest BCUT2D eigenvalue weighted by Crippen LogP contribution is 2.26. The van der Waals surface area contributed by atoms with Crippen molar-refractivity contribution < 1.29 is 13.2 Å². The molecule has 1 N–H and O–H groups in total. The number of hydrogen-bond donors (Lipinski definition) is 1. The summed E-state index contributed by atoms with van der Waals surface area (Å²) >= 11 is 0. The van der Waals surface area contributed by atoms with Gasteiger partial charge in [-0.25, -0.2) is 13.4 Å². The minimum atomic E-state index is -3.67. The van der Waals surface area contributed by atoms with Gasteiger partial charge in [-0.1, -0.05) is 30.3 Å². The van der Waals surface area contributed by atoms with Crippen LogP contribution in [-0.2, 0) is 21.4 Å². The van der Waals surface area contributed by atoms with E-state index in [1.54, 1.807) is 25.5 Å². The van der Waals surface area contributed by atoms with Gasteiger partial charge in [0.2, 0.25) is 15.9 Å². The lowest BCUT2D eigenvalue weighted by molar-refractivity contribution is -0.122. The molecule has 0 saturated heterocycles. The fraction of sp³-hybridized carbons (Fsp3) is 0.273. The van der Waals surface area contributed by atoms with Crippen LogP contribution in [0.4, 0.5) is 5.69 Å². The number of nitrogens with zero attached hydrogens (tertiary/aromatic N) is 3. The van der Waals surface area contributed by atoms with Gasteiger partial charge in [-0.3, -0.25) is 9.10 Å². The lowest BCUT2D eigenvalue weighted by atomic mass is 10.1. The number of sulfonamides is 1. The molecule has 0 aliphatic rings. The third kappa shape index (κ3) is 4.71. The molecule has 0 radical (unpaired) electrons. The number of imidazole rings is 1. The Morgan fingerprint density at radius 3 is 2.60 bits per heavy atom. The lowest BCUT2D eigenvalue weighted by Gasteiger charge is -2.30. The number of carbonyl (C=O) groups is 1. The quantitative estimate of drug-likeness (QED) is 0.630. The van der Waals surface area contributed by atoms with Crippen LogP contribution in [0.5, 0.6) is 0 Å². The molecule has 30 heavy (non-hydrogen) atoms. The van der Waals surface area contributed by atoms with Gasteiger partial charge in [0.05, 0.1) is 24.0 Å². The SMILES string of the molecule is Cc1ccc(C)c(N([C@@H](C)C(=O)NCc2ccccc2-n2ccnc2)S(C)(=O)=O)c1. The Labute approximate surface area is 177 Å².